The monoisotopic (exact) mass is 306 g/mol. The van der Waals surface area contributed by atoms with Gasteiger partial charge in [0.05, 0.1) is 6.07 Å². The molecule has 0 saturated heterocycles. The van der Waals surface area contributed by atoms with Crippen molar-refractivity contribution in [3.05, 3.63) is 71.8 Å². The smallest absolute Gasteiger partial charge is 0.221 e. The maximum absolute atomic E-state index is 12.0. The number of nitrogens with zero attached hydrogens (tertiary/aromatic N) is 1. The van der Waals surface area contributed by atoms with E-state index in [4.69, 9.17) is 0 Å². The molecule has 0 unspecified atom stereocenters. The number of amides is 1. The lowest BCUT2D eigenvalue weighted by Crippen LogP contribution is -2.34. The molecule has 0 saturated carbocycles. The average molecular weight is 306 g/mol. The van der Waals surface area contributed by atoms with Crippen LogP contribution in [-0.2, 0) is 17.6 Å². The number of carbonyl (C=O) groups is 1. The van der Waals surface area contributed by atoms with Crippen molar-refractivity contribution in [1.29, 1.82) is 5.26 Å². The first-order valence-corrected chi connectivity index (χ1v) is 8.05. The van der Waals surface area contributed by atoms with Crippen molar-refractivity contribution >= 4 is 5.91 Å². The second kappa shape index (κ2) is 9.42. The average Bonchev–Trinajstić information content (AvgIpc) is 2.60. The number of rotatable bonds is 8. The van der Waals surface area contributed by atoms with Gasteiger partial charge in [-0.15, -0.1) is 0 Å². The summed E-state index contributed by atoms with van der Waals surface area (Å²) >= 11 is 0. The lowest BCUT2D eigenvalue weighted by Gasteiger charge is -2.11. The van der Waals surface area contributed by atoms with E-state index in [0.717, 1.165) is 19.3 Å². The van der Waals surface area contributed by atoms with Crippen LogP contribution in [0.15, 0.2) is 60.7 Å². The molecule has 23 heavy (non-hydrogen) atoms. The zero-order valence-electron chi connectivity index (χ0n) is 13.2. The molecule has 3 nitrogen and oxygen atoms in total. The molecule has 0 bridgehead atoms. The van der Waals surface area contributed by atoms with Gasteiger partial charge in [-0.3, -0.25) is 4.79 Å². The molecule has 1 N–H and O–H groups in total. The fourth-order valence-corrected chi connectivity index (χ4v) is 2.49. The highest BCUT2D eigenvalue weighted by Gasteiger charge is 2.11. The Morgan fingerprint density at radius 2 is 1.52 bits per heavy atom. The van der Waals surface area contributed by atoms with Gasteiger partial charge in [-0.05, 0) is 36.8 Å². The number of nitrogens with one attached hydrogen (secondary N) is 1. The van der Waals surface area contributed by atoms with Gasteiger partial charge in [-0.25, -0.2) is 0 Å². The second-order valence-corrected chi connectivity index (χ2v) is 5.61. The predicted octanol–water partition coefficient (Wildman–Crippen LogP) is 3.65. The summed E-state index contributed by atoms with van der Waals surface area (Å²) in [6, 6.07) is 21.9. The summed E-state index contributed by atoms with van der Waals surface area (Å²) < 4.78 is 0. The molecule has 0 radical (unpaired) electrons. The topological polar surface area (TPSA) is 52.9 Å². The molecule has 0 aliphatic rings. The van der Waals surface area contributed by atoms with E-state index in [1.54, 1.807) is 0 Å². The van der Waals surface area contributed by atoms with Crippen molar-refractivity contribution in [2.45, 2.75) is 38.1 Å². The normalized spacial score (nSPS) is 11.4. The van der Waals surface area contributed by atoms with Crippen LogP contribution in [0.3, 0.4) is 0 Å². The Hall–Kier alpha value is -2.60. The van der Waals surface area contributed by atoms with Crippen LogP contribution >= 0.6 is 0 Å². The highest BCUT2D eigenvalue weighted by Crippen LogP contribution is 2.07. The first-order chi connectivity index (χ1) is 11.3. The first-order valence-electron chi connectivity index (χ1n) is 8.05. The maximum Gasteiger partial charge on any atom is 0.221 e. The molecular weight excluding hydrogens is 284 g/mol. The van der Waals surface area contributed by atoms with E-state index in [9.17, 15) is 10.1 Å². The number of carbonyl (C=O) groups excluding carboxylic acids is 1. The van der Waals surface area contributed by atoms with Crippen molar-refractivity contribution in [3.63, 3.8) is 0 Å². The van der Waals surface area contributed by atoms with E-state index in [1.165, 1.54) is 11.1 Å². The van der Waals surface area contributed by atoms with Crippen LogP contribution in [0.25, 0.3) is 0 Å². The van der Waals surface area contributed by atoms with Gasteiger partial charge in [0.1, 0.15) is 6.04 Å². The SMILES string of the molecule is N#C[C@H](CCc1ccccc1)NC(=O)CCCc1ccccc1. The van der Waals surface area contributed by atoms with E-state index in [1.807, 2.05) is 48.5 Å². The van der Waals surface area contributed by atoms with Crippen LogP contribution in [0.4, 0.5) is 0 Å². The molecule has 0 aromatic heterocycles. The van der Waals surface area contributed by atoms with Crippen LogP contribution < -0.4 is 5.32 Å². The van der Waals surface area contributed by atoms with E-state index < -0.39 is 6.04 Å². The minimum atomic E-state index is -0.417. The fourth-order valence-electron chi connectivity index (χ4n) is 2.49. The molecule has 118 valence electrons. The second-order valence-electron chi connectivity index (χ2n) is 5.61. The van der Waals surface area contributed by atoms with Gasteiger partial charge < -0.3 is 5.32 Å². The quantitative estimate of drug-likeness (QED) is 0.809. The zero-order chi connectivity index (χ0) is 16.3. The summed E-state index contributed by atoms with van der Waals surface area (Å²) in [6.45, 7) is 0. The van der Waals surface area contributed by atoms with Gasteiger partial charge in [-0.1, -0.05) is 60.7 Å². The van der Waals surface area contributed by atoms with Crippen LogP contribution in [0, 0.1) is 11.3 Å². The lowest BCUT2D eigenvalue weighted by atomic mass is 10.1. The molecule has 2 aromatic rings. The van der Waals surface area contributed by atoms with Gasteiger partial charge in [0.25, 0.3) is 0 Å². The highest BCUT2D eigenvalue weighted by molar-refractivity contribution is 5.76. The fraction of sp³-hybridized carbons (Fsp3) is 0.300. The minimum absolute atomic E-state index is 0.0412. The summed E-state index contributed by atoms with van der Waals surface area (Å²) in [5, 5.41) is 12.0. The van der Waals surface area contributed by atoms with E-state index in [0.29, 0.717) is 12.8 Å². The third-order valence-electron chi connectivity index (χ3n) is 3.77. The molecular formula is C20H22N2O. The largest absolute Gasteiger partial charge is 0.340 e. The predicted molar refractivity (Wildman–Crippen MR) is 91.7 cm³/mol. The van der Waals surface area contributed by atoms with Crippen molar-refractivity contribution in [3.8, 4) is 6.07 Å². The van der Waals surface area contributed by atoms with Gasteiger partial charge >= 0.3 is 0 Å². The molecule has 0 heterocycles. The van der Waals surface area contributed by atoms with Gasteiger partial charge in [0, 0.05) is 6.42 Å². The third-order valence-corrected chi connectivity index (χ3v) is 3.77. The Morgan fingerprint density at radius 1 is 0.957 bits per heavy atom. The molecule has 1 amide bonds. The van der Waals surface area contributed by atoms with Crippen molar-refractivity contribution in [2.24, 2.45) is 0 Å². The molecule has 0 aliphatic carbocycles. The Labute approximate surface area is 138 Å². The van der Waals surface area contributed by atoms with Crippen LogP contribution in [-0.4, -0.2) is 11.9 Å². The Balaban J connectivity index is 1.69. The number of hydrogen-bond donors (Lipinski definition) is 1. The van der Waals surface area contributed by atoms with E-state index in [-0.39, 0.29) is 5.91 Å². The zero-order valence-corrected chi connectivity index (χ0v) is 13.2. The van der Waals surface area contributed by atoms with Gasteiger partial charge in [0.2, 0.25) is 5.91 Å². The summed E-state index contributed by atoms with van der Waals surface area (Å²) in [5.74, 6) is -0.0412. The minimum Gasteiger partial charge on any atom is -0.340 e. The lowest BCUT2D eigenvalue weighted by molar-refractivity contribution is -0.121. The van der Waals surface area contributed by atoms with E-state index >= 15 is 0 Å². The Kier molecular flexibility index (Phi) is 6.87. The number of aryl methyl sites for hydroxylation is 2. The number of hydrogen-bond acceptors (Lipinski definition) is 2. The van der Waals surface area contributed by atoms with Gasteiger partial charge in [-0.2, -0.15) is 5.26 Å². The molecule has 0 fully saturated rings. The van der Waals surface area contributed by atoms with Crippen LogP contribution in [0.5, 0.6) is 0 Å². The Morgan fingerprint density at radius 3 is 2.09 bits per heavy atom. The summed E-state index contributed by atoms with van der Waals surface area (Å²) in [5.41, 5.74) is 2.42. The van der Waals surface area contributed by atoms with Crippen molar-refractivity contribution < 1.29 is 4.79 Å². The van der Waals surface area contributed by atoms with Crippen LogP contribution in [0.2, 0.25) is 0 Å². The highest BCUT2D eigenvalue weighted by atomic mass is 16.1. The number of nitriles is 1. The molecule has 0 spiro atoms. The van der Waals surface area contributed by atoms with Crippen molar-refractivity contribution in [1.82, 2.24) is 5.32 Å². The molecule has 0 aliphatic heterocycles. The van der Waals surface area contributed by atoms with E-state index in [2.05, 4.69) is 23.5 Å². The molecule has 2 aromatic carbocycles. The molecule has 1 atom stereocenters. The summed E-state index contributed by atoms with van der Waals surface area (Å²) in [4.78, 5) is 12.0. The summed E-state index contributed by atoms with van der Waals surface area (Å²) in [7, 11) is 0. The Bertz CT molecular complexity index is 632. The van der Waals surface area contributed by atoms with Crippen LogP contribution in [0.1, 0.15) is 30.4 Å². The summed E-state index contributed by atoms with van der Waals surface area (Å²) in [6.07, 6.45) is 3.58. The van der Waals surface area contributed by atoms with Gasteiger partial charge in [0.15, 0.2) is 0 Å². The first kappa shape index (κ1) is 16.8. The maximum atomic E-state index is 12.0. The third kappa shape index (κ3) is 6.36. The molecule has 2 rings (SSSR count). The van der Waals surface area contributed by atoms with Crippen molar-refractivity contribution in [2.75, 3.05) is 0 Å². The number of benzene rings is 2. The standard InChI is InChI=1S/C20H22N2O/c21-16-19(15-14-18-10-5-2-6-11-18)22-20(23)13-7-12-17-8-3-1-4-9-17/h1-6,8-11,19H,7,12-15H2,(H,22,23)/t19-/m0/s1. The molecule has 3 heteroatoms.